The monoisotopic (exact) mass is 399 g/mol. The van der Waals surface area contributed by atoms with E-state index < -0.39 is 18.5 Å². The van der Waals surface area contributed by atoms with Crippen LogP contribution in [0, 0.1) is 0 Å². The summed E-state index contributed by atoms with van der Waals surface area (Å²) in [6, 6.07) is 23.5. The van der Waals surface area contributed by atoms with Crippen molar-refractivity contribution in [3.63, 3.8) is 0 Å². The number of nitrogens with one attached hydrogen (secondary N) is 1. The maximum atomic E-state index is 13.6. The van der Waals surface area contributed by atoms with E-state index in [0.29, 0.717) is 21.8 Å². The molecule has 3 aromatic carbocycles. The lowest BCUT2D eigenvalue weighted by Gasteiger charge is -2.21. The molecule has 1 atom stereocenters. The van der Waals surface area contributed by atoms with Crippen LogP contribution in [0.4, 0.5) is 13.2 Å². The highest BCUT2D eigenvalue weighted by Gasteiger charge is 2.35. The summed E-state index contributed by atoms with van der Waals surface area (Å²) in [6.07, 6.45) is -5.24. The van der Waals surface area contributed by atoms with Gasteiger partial charge in [-0.15, -0.1) is 0 Å². The Balaban J connectivity index is 2.00. The summed E-state index contributed by atoms with van der Waals surface area (Å²) >= 11 is 6.13. The minimum Gasteiger partial charge on any atom is -0.354 e. The zero-order chi connectivity index (χ0) is 19.7. The fourth-order valence-corrected chi connectivity index (χ4v) is 3.86. The van der Waals surface area contributed by atoms with Crippen LogP contribution in [-0.4, -0.2) is 11.2 Å². The number of alkyl halides is 3. The van der Waals surface area contributed by atoms with E-state index in [4.69, 9.17) is 11.6 Å². The van der Waals surface area contributed by atoms with Crippen molar-refractivity contribution < 1.29 is 13.2 Å². The van der Waals surface area contributed by atoms with Gasteiger partial charge in [-0.2, -0.15) is 13.2 Å². The number of aromatic nitrogens is 1. The first kappa shape index (κ1) is 18.6. The molecule has 1 nitrogen and oxygen atoms in total. The highest BCUT2D eigenvalue weighted by molar-refractivity contribution is 6.31. The van der Waals surface area contributed by atoms with Crippen molar-refractivity contribution in [1.29, 1.82) is 0 Å². The number of fused-ring (bicyclic) bond motifs is 1. The number of rotatable bonds is 4. The van der Waals surface area contributed by atoms with Gasteiger partial charge in [-0.25, -0.2) is 0 Å². The molecule has 4 rings (SSSR count). The highest BCUT2D eigenvalue weighted by atomic mass is 35.5. The van der Waals surface area contributed by atoms with Crippen LogP contribution in [0.15, 0.2) is 78.9 Å². The summed E-state index contributed by atoms with van der Waals surface area (Å²) < 4.78 is 40.7. The molecule has 1 heterocycles. The van der Waals surface area contributed by atoms with Gasteiger partial charge in [0.2, 0.25) is 0 Å². The minimum atomic E-state index is -4.30. The Labute approximate surface area is 165 Å². The van der Waals surface area contributed by atoms with E-state index in [1.54, 1.807) is 48.5 Å². The van der Waals surface area contributed by atoms with Gasteiger partial charge < -0.3 is 4.98 Å². The van der Waals surface area contributed by atoms with Gasteiger partial charge in [0, 0.05) is 21.8 Å². The molecular formula is C23H17ClF3N. The van der Waals surface area contributed by atoms with Crippen LogP contribution in [0.1, 0.15) is 23.5 Å². The van der Waals surface area contributed by atoms with E-state index in [2.05, 4.69) is 4.98 Å². The maximum Gasteiger partial charge on any atom is 0.390 e. The van der Waals surface area contributed by atoms with Gasteiger partial charge >= 0.3 is 6.18 Å². The first-order valence-electron chi connectivity index (χ1n) is 8.90. The van der Waals surface area contributed by atoms with Crippen molar-refractivity contribution in [3.05, 3.63) is 95.0 Å². The van der Waals surface area contributed by atoms with Crippen LogP contribution in [-0.2, 0) is 0 Å². The van der Waals surface area contributed by atoms with Crippen LogP contribution in [0.5, 0.6) is 0 Å². The van der Waals surface area contributed by atoms with Gasteiger partial charge in [-0.3, -0.25) is 0 Å². The minimum absolute atomic E-state index is 0.534. The Bertz CT molecular complexity index is 1090. The average Bonchev–Trinajstić information content (AvgIpc) is 3.05. The third-order valence-electron chi connectivity index (χ3n) is 4.85. The molecule has 5 heteroatoms. The van der Waals surface area contributed by atoms with Crippen LogP contribution < -0.4 is 0 Å². The molecule has 4 aromatic rings. The zero-order valence-corrected chi connectivity index (χ0v) is 15.6. The van der Waals surface area contributed by atoms with Crippen molar-refractivity contribution in [2.45, 2.75) is 18.5 Å². The van der Waals surface area contributed by atoms with Crippen LogP contribution >= 0.6 is 11.6 Å². The van der Waals surface area contributed by atoms with Gasteiger partial charge in [0.05, 0.1) is 12.1 Å². The molecule has 0 saturated heterocycles. The first-order valence-corrected chi connectivity index (χ1v) is 9.28. The van der Waals surface area contributed by atoms with Crippen molar-refractivity contribution in [1.82, 2.24) is 4.98 Å². The summed E-state index contributed by atoms with van der Waals surface area (Å²) in [7, 11) is 0. The topological polar surface area (TPSA) is 15.8 Å². The van der Waals surface area contributed by atoms with E-state index in [0.717, 1.165) is 16.5 Å². The summed E-state index contributed by atoms with van der Waals surface area (Å²) in [5.41, 5.74) is 3.53. The predicted octanol–water partition coefficient (Wildman–Crippen LogP) is 7.57. The van der Waals surface area contributed by atoms with Gasteiger partial charge in [-0.1, -0.05) is 78.3 Å². The third-order valence-corrected chi connectivity index (χ3v) is 5.08. The molecule has 1 aromatic heterocycles. The second-order valence-corrected chi connectivity index (χ2v) is 7.19. The summed E-state index contributed by atoms with van der Waals surface area (Å²) in [5.74, 6) is -0.827. The molecule has 0 aliphatic rings. The lowest BCUT2D eigenvalue weighted by atomic mass is 9.85. The molecule has 0 saturated carbocycles. The van der Waals surface area contributed by atoms with E-state index >= 15 is 0 Å². The number of benzene rings is 3. The highest BCUT2D eigenvalue weighted by Crippen LogP contribution is 2.44. The molecule has 0 spiro atoms. The summed E-state index contributed by atoms with van der Waals surface area (Å²) in [4.78, 5) is 3.31. The molecule has 0 aliphatic carbocycles. The SMILES string of the molecule is FC(F)(F)CC(c1ccccc1)c1c(-c2ccccc2)[nH]c2cc(Cl)ccc12. The first-order chi connectivity index (χ1) is 13.4. The molecule has 0 fully saturated rings. The number of aromatic amines is 1. The number of H-pyrrole nitrogens is 1. The largest absolute Gasteiger partial charge is 0.390 e. The second kappa shape index (κ2) is 7.36. The lowest BCUT2D eigenvalue weighted by molar-refractivity contribution is -0.136. The van der Waals surface area contributed by atoms with Crippen molar-refractivity contribution >= 4 is 22.5 Å². The molecule has 0 amide bonds. The normalized spacial score (nSPS) is 13.0. The molecule has 1 unspecified atom stereocenters. The standard InChI is InChI=1S/C23H17ClF3N/c24-17-11-12-18-20(13-17)28-22(16-9-5-2-6-10-16)21(18)19(14-23(25,26)27)15-7-3-1-4-8-15/h1-13,19,28H,14H2. The predicted molar refractivity (Wildman–Crippen MR) is 108 cm³/mol. The van der Waals surface area contributed by atoms with E-state index in [9.17, 15) is 13.2 Å². The fourth-order valence-electron chi connectivity index (χ4n) is 3.69. The van der Waals surface area contributed by atoms with E-state index in [1.165, 1.54) is 0 Å². The van der Waals surface area contributed by atoms with Crippen molar-refractivity contribution in [2.75, 3.05) is 0 Å². The van der Waals surface area contributed by atoms with Gasteiger partial charge in [-0.05, 0) is 28.8 Å². The van der Waals surface area contributed by atoms with E-state index in [1.807, 2.05) is 30.3 Å². The quantitative estimate of drug-likeness (QED) is 0.364. The Morgan fingerprint density at radius 3 is 2.14 bits per heavy atom. The molecule has 0 radical (unpaired) electrons. The zero-order valence-electron chi connectivity index (χ0n) is 14.8. The molecule has 1 N–H and O–H groups in total. The summed E-state index contributed by atoms with van der Waals surface area (Å²) in [5, 5.41) is 1.29. The molecular weight excluding hydrogens is 383 g/mol. The Morgan fingerprint density at radius 2 is 1.50 bits per heavy atom. The van der Waals surface area contributed by atoms with Gasteiger partial charge in [0.25, 0.3) is 0 Å². The smallest absolute Gasteiger partial charge is 0.354 e. The fraction of sp³-hybridized carbons (Fsp3) is 0.130. The van der Waals surface area contributed by atoms with Crippen LogP contribution in [0.25, 0.3) is 22.2 Å². The Hall–Kier alpha value is -2.72. The van der Waals surface area contributed by atoms with Gasteiger partial charge in [0.1, 0.15) is 0 Å². The Morgan fingerprint density at radius 1 is 0.857 bits per heavy atom. The summed E-state index contributed by atoms with van der Waals surface area (Å²) in [6.45, 7) is 0. The lowest BCUT2D eigenvalue weighted by Crippen LogP contribution is -2.15. The van der Waals surface area contributed by atoms with Crippen molar-refractivity contribution in [2.24, 2.45) is 0 Å². The molecule has 0 aliphatic heterocycles. The van der Waals surface area contributed by atoms with Crippen molar-refractivity contribution in [3.8, 4) is 11.3 Å². The third kappa shape index (κ3) is 3.78. The second-order valence-electron chi connectivity index (χ2n) is 6.75. The maximum absolute atomic E-state index is 13.6. The molecule has 142 valence electrons. The average molecular weight is 400 g/mol. The Kier molecular flexibility index (Phi) is 4.90. The number of hydrogen-bond donors (Lipinski definition) is 1. The van der Waals surface area contributed by atoms with E-state index in [-0.39, 0.29) is 0 Å². The van der Waals surface area contributed by atoms with Crippen LogP contribution in [0.3, 0.4) is 0 Å². The van der Waals surface area contributed by atoms with Crippen LogP contribution in [0.2, 0.25) is 5.02 Å². The molecule has 28 heavy (non-hydrogen) atoms. The molecule has 0 bridgehead atoms. The number of halogens is 4. The number of hydrogen-bond acceptors (Lipinski definition) is 0. The van der Waals surface area contributed by atoms with Gasteiger partial charge in [0.15, 0.2) is 0 Å².